The summed E-state index contributed by atoms with van der Waals surface area (Å²) in [5.41, 5.74) is -0.891. The van der Waals surface area contributed by atoms with Gasteiger partial charge in [-0.25, -0.2) is 13.6 Å². The number of carboxylic acid groups (broad SMARTS) is 1. The Morgan fingerprint density at radius 3 is 2.50 bits per heavy atom. The smallest absolute Gasteiger partial charge is 0.341 e. The van der Waals surface area contributed by atoms with Crippen LogP contribution in [0.15, 0.2) is 47.4 Å². The predicted molar refractivity (Wildman–Crippen MR) is 104 cm³/mol. The minimum atomic E-state index is -1.41. The number of rotatable bonds is 5. The van der Waals surface area contributed by atoms with E-state index in [0.717, 1.165) is 18.9 Å². The van der Waals surface area contributed by atoms with Gasteiger partial charge in [-0.3, -0.25) is 4.79 Å². The Morgan fingerprint density at radius 1 is 1.21 bits per heavy atom. The van der Waals surface area contributed by atoms with Gasteiger partial charge in [-0.2, -0.15) is 0 Å². The Morgan fingerprint density at radius 2 is 1.89 bits per heavy atom. The molecule has 1 aliphatic rings. The van der Waals surface area contributed by atoms with Crippen molar-refractivity contribution in [3.05, 3.63) is 75.6 Å². The summed E-state index contributed by atoms with van der Waals surface area (Å²) in [6.45, 7) is -0.100. The molecule has 0 saturated heterocycles. The highest BCUT2D eigenvalue weighted by molar-refractivity contribution is 5.93. The molecule has 0 spiro atoms. The van der Waals surface area contributed by atoms with E-state index in [0.29, 0.717) is 5.69 Å². The number of nitrogens with zero attached hydrogens (tertiary/aromatic N) is 1. The SMILES string of the molecule is Cl.O=C(O)c1cn(C2CC2)c2c(F)c(CNc3ccccc3)c(F)cc2c1=O. The quantitative estimate of drug-likeness (QED) is 0.661. The number of para-hydroxylation sites is 1. The van der Waals surface area contributed by atoms with Gasteiger partial charge in [-0.05, 0) is 31.0 Å². The topological polar surface area (TPSA) is 71.3 Å². The summed E-state index contributed by atoms with van der Waals surface area (Å²) in [4.78, 5) is 23.8. The number of carboxylic acids is 1. The van der Waals surface area contributed by atoms with Gasteiger partial charge in [-0.15, -0.1) is 12.4 Å². The van der Waals surface area contributed by atoms with Crippen molar-refractivity contribution in [3.8, 4) is 0 Å². The van der Waals surface area contributed by atoms with Gasteiger partial charge in [0, 0.05) is 30.0 Å². The fraction of sp³-hybridized carbons (Fsp3) is 0.200. The van der Waals surface area contributed by atoms with Gasteiger partial charge >= 0.3 is 5.97 Å². The molecular weight excluding hydrogens is 390 g/mol. The van der Waals surface area contributed by atoms with Crippen LogP contribution in [0.4, 0.5) is 14.5 Å². The summed E-state index contributed by atoms with van der Waals surface area (Å²) >= 11 is 0. The number of halogens is 3. The van der Waals surface area contributed by atoms with E-state index in [9.17, 15) is 19.1 Å². The van der Waals surface area contributed by atoms with Crippen molar-refractivity contribution >= 4 is 35.0 Å². The Balaban J connectivity index is 0.00000225. The summed E-state index contributed by atoms with van der Waals surface area (Å²) in [6, 6.07) is 9.83. The lowest BCUT2D eigenvalue weighted by Gasteiger charge is -2.15. The molecular formula is C20H17ClF2N2O3. The molecule has 8 heteroatoms. The first-order chi connectivity index (χ1) is 13.0. The fourth-order valence-corrected chi connectivity index (χ4v) is 3.18. The number of pyridine rings is 1. The Labute approximate surface area is 165 Å². The maximum atomic E-state index is 15.2. The van der Waals surface area contributed by atoms with E-state index < -0.39 is 28.6 Å². The van der Waals surface area contributed by atoms with Crippen LogP contribution in [-0.4, -0.2) is 15.6 Å². The van der Waals surface area contributed by atoms with Crippen molar-refractivity contribution in [3.63, 3.8) is 0 Å². The van der Waals surface area contributed by atoms with Crippen molar-refractivity contribution < 1.29 is 18.7 Å². The van der Waals surface area contributed by atoms with E-state index in [1.54, 1.807) is 24.3 Å². The number of fused-ring (bicyclic) bond motifs is 1. The molecule has 1 aliphatic carbocycles. The second-order valence-corrected chi connectivity index (χ2v) is 6.58. The average molecular weight is 407 g/mol. The molecule has 1 heterocycles. The van der Waals surface area contributed by atoms with Crippen molar-refractivity contribution in [2.75, 3.05) is 5.32 Å². The number of aromatic carboxylic acids is 1. The predicted octanol–water partition coefficient (Wildman–Crippen LogP) is 4.35. The Kier molecular flexibility index (Phi) is 5.38. The molecule has 0 bridgehead atoms. The second-order valence-electron chi connectivity index (χ2n) is 6.58. The normalized spacial score (nSPS) is 13.2. The zero-order valence-corrected chi connectivity index (χ0v) is 15.4. The molecule has 4 rings (SSSR count). The zero-order valence-electron chi connectivity index (χ0n) is 14.6. The highest BCUT2D eigenvalue weighted by atomic mass is 35.5. The number of nitrogens with one attached hydrogen (secondary N) is 1. The Hall–Kier alpha value is -2.93. The van der Waals surface area contributed by atoms with Crippen LogP contribution in [0.3, 0.4) is 0 Å². The zero-order chi connectivity index (χ0) is 19.1. The van der Waals surface area contributed by atoms with Gasteiger partial charge in [0.2, 0.25) is 5.43 Å². The summed E-state index contributed by atoms with van der Waals surface area (Å²) in [6.07, 6.45) is 2.68. The lowest BCUT2D eigenvalue weighted by Crippen LogP contribution is -2.20. The largest absolute Gasteiger partial charge is 0.477 e. The summed E-state index contributed by atoms with van der Waals surface area (Å²) in [5, 5.41) is 11.9. The van der Waals surface area contributed by atoms with Crippen LogP contribution in [0.2, 0.25) is 0 Å². The standard InChI is InChI=1S/C20H16F2N2O3.ClH/c21-16-8-13-18(17(22)14(16)9-23-11-4-2-1-3-5-11)24(12-6-7-12)10-15(19(13)25)20(26)27;/h1-5,8,10,12,23H,6-7,9H2,(H,26,27);1H. The molecule has 146 valence electrons. The van der Waals surface area contributed by atoms with E-state index in [-0.39, 0.29) is 41.5 Å². The van der Waals surface area contributed by atoms with Gasteiger partial charge < -0.3 is 15.0 Å². The first-order valence-electron chi connectivity index (χ1n) is 8.55. The molecule has 0 aliphatic heterocycles. The third-order valence-corrected chi connectivity index (χ3v) is 4.72. The van der Waals surface area contributed by atoms with Gasteiger partial charge in [0.15, 0.2) is 5.82 Å². The summed E-state index contributed by atoms with van der Waals surface area (Å²) < 4.78 is 31.2. The fourth-order valence-electron chi connectivity index (χ4n) is 3.18. The minimum Gasteiger partial charge on any atom is -0.477 e. The number of hydrogen-bond acceptors (Lipinski definition) is 3. The molecule has 1 saturated carbocycles. The van der Waals surface area contributed by atoms with E-state index in [1.807, 2.05) is 6.07 Å². The number of anilines is 1. The van der Waals surface area contributed by atoms with Crippen LogP contribution >= 0.6 is 12.4 Å². The molecule has 3 aromatic rings. The van der Waals surface area contributed by atoms with E-state index >= 15 is 4.39 Å². The van der Waals surface area contributed by atoms with Crippen molar-refractivity contribution in [2.45, 2.75) is 25.4 Å². The monoisotopic (exact) mass is 406 g/mol. The van der Waals surface area contributed by atoms with Crippen LogP contribution in [0.1, 0.15) is 34.8 Å². The van der Waals surface area contributed by atoms with Gasteiger partial charge in [0.05, 0.1) is 10.9 Å². The van der Waals surface area contributed by atoms with Crippen molar-refractivity contribution in [2.24, 2.45) is 0 Å². The molecule has 0 amide bonds. The van der Waals surface area contributed by atoms with Crippen LogP contribution in [-0.2, 0) is 6.54 Å². The first kappa shape index (κ1) is 19.8. The average Bonchev–Trinajstić information content (AvgIpc) is 3.48. The van der Waals surface area contributed by atoms with Gasteiger partial charge in [0.1, 0.15) is 11.4 Å². The molecule has 2 aromatic carbocycles. The van der Waals surface area contributed by atoms with E-state index in [4.69, 9.17) is 0 Å². The number of hydrogen-bond donors (Lipinski definition) is 2. The molecule has 1 aromatic heterocycles. The minimum absolute atomic E-state index is 0. The summed E-state index contributed by atoms with van der Waals surface area (Å²) in [7, 11) is 0. The van der Waals surface area contributed by atoms with Crippen molar-refractivity contribution in [1.29, 1.82) is 0 Å². The van der Waals surface area contributed by atoms with Crippen LogP contribution in [0.5, 0.6) is 0 Å². The summed E-state index contributed by atoms with van der Waals surface area (Å²) in [5.74, 6) is -3.13. The highest BCUT2D eigenvalue weighted by Crippen LogP contribution is 2.38. The van der Waals surface area contributed by atoms with Crippen molar-refractivity contribution in [1.82, 2.24) is 4.57 Å². The molecule has 28 heavy (non-hydrogen) atoms. The molecule has 5 nitrogen and oxygen atoms in total. The lowest BCUT2D eigenvalue weighted by atomic mass is 10.1. The maximum Gasteiger partial charge on any atom is 0.341 e. The third kappa shape index (κ3) is 3.45. The molecule has 2 N–H and O–H groups in total. The molecule has 0 unspecified atom stereocenters. The van der Waals surface area contributed by atoms with Gasteiger partial charge in [0.25, 0.3) is 0 Å². The van der Waals surface area contributed by atoms with Gasteiger partial charge in [-0.1, -0.05) is 18.2 Å². The lowest BCUT2D eigenvalue weighted by molar-refractivity contribution is 0.0695. The molecule has 0 atom stereocenters. The first-order valence-corrected chi connectivity index (χ1v) is 8.55. The van der Waals surface area contributed by atoms with Crippen LogP contribution in [0.25, 0.3) is 10.9 Å². The molecule has 1 fully saturated rings. The maximum absolute atomic E-state index is 15.2. The third-order valence-electron chi connectivity index (χ3n) is 4.72. The number of benzene rings is 2. The second kappa shape index (κ2) is 7.59. The highest BCUT2D eigenvalue weighted by Gasteiger charge is 2.29. The number of carbonyl (C=O) groups is 1. The molecule has 0 radical (unpaired) electrons. The van der Waals surface area contributed by atoms with E-state index in [2.05, 4.69) is 5.32 Å². The number of aromatic nitrogens is 1. The van der Waals surface area contributed by atoms with E-state index in [1.165, 1.54) is 10.8 Å². The van der Waals surface area contributed by atoms with Crippen LogP contribution in [0, 0.1) is 11.6 Å². The Bertz CT molecular complexity index is 1110. The van der Waals surface area contributed by atoms with Crippen LogP contribution < -0.4 is 10.7 Å².